The van der Waals surface area contributed by atoms with E-state index in [1.54, 1.807) is 38.3 Å². The molecule has 10 heteroatoms. The molecule has 0 aliphatic heterocycles. The number of para-hydroxylation sites is 1. The molecule has 180 valence electrons. The lowest BCUT2D eigenvalue weighted by atomic mass is 10.1. The monoisotopic (exact) mass is 494 g/mol. The van der Waals surface area contributed by atoms with Crippen LogP contribution in [0, 0.1) is 6.92 Å². The van der Waals surface area contributed by atoms with E-state index < -0.39 is 11.9 Å². The van der Waals surface area contributed by atoms with Crippen molar-refractivity contribution in [2.45, 2.75) is 13.8 Å². The van der Waals surface area contributed by atoms with Gasteiger partial charge in [-0.2, -0.15) is 9.78 Å². The highest BCUT2D eigenvalue weighted by Crippen LogP contribution is 2.30. The van der Waals surface area contributed by atoms with Crippen LogP contribution in [0.2, 0.25) is 5.02 Å². The molecule has 4 rings (SSSR count). The van der Waals surface area contributed by atoms with Gasteiger partial charge in [0.2, 0.25) is 0 Å². The molecule has 0 saturated carbocycles. The van der Waals surface area contributed by atoms with Crippen LogP contribution in [0.15, 0.2) is 48.7 Å². The third-order valence-electron chi connectivity index (χ3n) is 5.34. The maximum atomic E-state index is 13.3. The molecule has 1 amide bonds. The molecule has 0 spiro atoms. The summed E-state index contributed by atoms with van der Waals surface area (Å²) in [6.45, 7) is 3.78. The zero-order valence-corrected chi connectivity index (χ0v) is 20.3. The minimum atomic E-state index is -0.637. The third-order valence-corrected chi connectivity index (χ3v) is 5.57. The number of fused-ring (bicyclic) bond motifs is 1. The molecule has 0 aliphatic carbocycles. The summed E-state index contributed by atoms with van der Waals surface area (Å²) in [6.07, 6.45) is 1.33. The van der Waals surface area contributed by atoms with Crippen molar-refractivity contribution in [1.82, 2.24) is 14.8 Å². The number of ether oxygens (including phenoxy) is 3. The van der Waals surface area contributed by atoms with Crippen LogP contribution in [0.5, 0.6) is 11.5 Å². The van der Waals surface area contributed by atoms with Gasteiger partial charge in [-0.15, -0.1) is 0 Å². The highest BCUT2D eigenvalue weighted by atomic mass is 35.5. The van der Waals surface area contributed by atoms with Gasteiger partial charge in [0.05, 0.1) is 32.6 Å². The molecule has 2 aromatic carbocycles. The van der Waals surface area contributed by atoms with Gasteiger partial charge in [-0.1, -0.05) is 23.7 Å². The molecule has 0 radical (unpaired) electrons. The molecule has 0 bridgehead atoms. The molecule has 0 atom stereocenters. The maximum Gasteiger partial charge on any atom is 0.343 e. The third kappa shape index (κ3) is 4.63. The largest absolute Gasteiger partial charge is 0.496 e. The van der Waals surface area contributed by atoms with Gasteiger partial charge in [-0.05, 0) is 49.7 Å². The number of carbonyl (C=O) groups excluding carboxylic acids is 2. The normalized spacial score (nSPS) is 10.8. The molecule has 0 aliphatic rings. The minimum absolute atomic E-state index is 0.0702. The zero-order valence-electron chi connectivity index (χ0n) is 19.6. The van der Waals surface area contributed by atoms with Crippen LogP contribution in [0.1, 0.15) is 33.2 Å². The maximum absolute atomic E-state index is 13.3. The van der Waals surface area contributed by atoms with Crippen LogP contribution in [-0.4, -0.2) is 47.5 Å². The molecule has 0 unspecified atom stereocenters. The number of hydrogen-bond donors (Lipinski definition) is 1. The van der Waals surface area contributed by atoms with E-state index in [9.17, 15) is 9.59 Å². The van der Waals surface area contributed by atoms with E-state index in [2.05, 4.69) is 10.4 Å². The number of aryl methyl sites for hydroxylation is 1. The Bertz CT molecular complexity index is 1430. The molecule has 2 aromatic heterocycles. The number of aromatic nitrogens is 3. The fourth-order valence-electron chi connectivity index (χ4n) is 3.68. The van der Waals surface area contributed by atoms with E-state index in [0.29, 0.717) is 27.9 Å². The van der Waals surface area contributed by atoms with Gasteiger partial charge in [0, 0.05) is 10.4 Å². The Kier molecular flexibility index (Phi) is 6.88. The summed E-state index contributed by atoms with van der Waals surface area (Å²) in [6, 6.07) is 12.1. The Morgan fingerprint density at radius 2 is 1.83 bits per heavy atom. The predicted octanol–water partition coefficient (Wildman–Crippen LogP) is 4.83. The minimum Gasteiger partial charge on any atom is -0.496 e. The molecule has 4 aromatic rings. The lowest BCUT2D eigenvalue weighted by molar-refractivity contribution is 0.0527. The topological polar surface area (TPSA) is 105 Å². The smallest absolute Gasteiger partial charge is 0.343 e. The van der Waals surface area contributed by atoms with Gasteiger partial charge in [-0.3, -0.25) is 4.79 Å². The predicted molar refractivity (Wildman–Crippen MR) is 132 cm³/mol. The van der Waals surface area contributed by atoms with Crippen molar-refractivity contribution in [3.63, 3.8) is 0 Å². The molecular formula is C25H23ClN4O5. The SMILES string of the molecule is CCOC(=O)c1cnn(-c2cc(C)c3cccc(OC)c3n2)c1NC(=O)c1cc(Cl)ccc1OC. The number of halogens is 1. The van der Waals surface area contributed by atoms with Gasteiger partial charge in [0.15, 0.2) is 11.6 Å². The van der Waals surface area contributed by atoms with Crippen molar-refractivity contribution < 1.29 is 23.8 Å². The van der Waals surface area contributed by atoms with Crippen molar-refractivity contribution in [3.05, 3.63) is 70.4 Å². The lowest BCUT2D eigenvalue weighted by Gasteiger charge is -2.14. The molecule has 9 nitrogen and oxygen atoms in total. The number of carbonyl (C=O) groups is 2. The van der Waals surface area contributed by atoms with Gasteiger partial charge in [0.25, 0.3) is 5.91 Å². The van der Waals surface area contributed by atoms with Gasteiger partial charge in [0.1, 0.15) is 22.6 Å². The molecule has 0 saturated heterocycles. The molecule has 1 N–H and O–H groups in total. The van der Waals surface area contributed by atoms with Crippen LogP contribution in [-0.2, 0) is 4.74 Å². The van der Waals surface area contributed by atoms with E-state index in [1.807, 2.05) is 19.1 Å². The Hall–Kier alpha value is -4.11. The summed E-state index contributed by atoms with van der Waals surface area (Å²) in [5.41, 5.74) is 1.78. The molecule has 0 fully saturated rings. The quantitative estimate of drug-likeness (QED) is 0.367. The van der Waals surface area contributed by atoms with Crippen LogP contribution in [0.4, 0.5) is 5.82 Å². The van der Waals surface area contributed by atoms with Gasteiger partial charge < -0.3 is 19.5 Å². The first kappa shape index (κ1) is 24.0. The van der Waals surface area contributed by atoms with Crippen LogP contribution in [0.25, 0.3) is 16.7 Å². The molecule has 2 heterocycles. The van der Waals surface area contributed by atoms with E-state index in [4.69, 9.17) is 30.8 Å². The highest BCUT2D eigenvalue weighted by Gasteiger charge is 2.24. The summed E-state index contributed by atoms with van der Waals surface area (Å²) >= 11 is 6.10. The zero-order chi connectivity index (χ0) is 25.1. The number of hydrogen-bond acceptors (Lipinski definition) is 7. The van der Waals surface area contributed by atoms with E-state index in [-0.39, 0.29) is 23.6 Å². The number of esters is 1. The number of amides is 1. The Balaban J connectivity index is 1.87. The first-order valence-corrected chi connectivity index (χ1v) is 11.1. The fraction of sp³-hybridized carbons (Fsp3) is 0.200. The Labute approximate surface area is 206 Å². The number of methoxy groups -OCH3 is 2. The van der Waals surface area contributed by atoms with E-state index in [0.717, 1.165) is 10.9 Å². The first-order chi connectivity index (χ1) is 16.9. The molecule has 35 heavy (non-hydrogen) atoms. The number of nitrogens with zero attached hydrogens (tertiary/aromatic N) is 3. The van der Waals surface area contributed by atoms with Crippen molar-refractivity contribution in [3.8, 4) is 17.3 Å². The fourth-order valence-corrected chi connectivity index (χ4v) is 3.85. The number of anilines is 1. The summed E-state index contributed by atoms with van der Waals surface area (Å²) in [5, 5.41) is 8.36. The Morgan fingerprint density at radius 1 is 1.06 bits per heavy atom. The number of rotatable bonds is 7. The van der Waals surface area contributed by atoms with Crippen molar-refractivity contribution >= 4 is 40.2 Å². The van der Waals surface area contributed by atoms with Crippen LogP contribution >= 0.6 is 11.6 Å². The van der Waals surface area contributed by atoms with Gasteiger partial charge >= 0.3 is 5.97 Å². The second kappa shape index (κ2) is 10.0. The number of nitrogens with one attached hydrogen (secondary N) is 1. The van der Waals surface area contributed by atoms with Crippen molar-refractivity contribution in [2.24, 2.45) is 0 Å². The van der Waals surface area contributed by atoms with Crippen LogP contribution in [0.3, 0.4) is 0 Å². The average molecular weight is 495 g/mol. The summed E-state index contributed by atoms with van der Waals surface area (Å²) in [4.78, 5) is 30.6. The van der Waals surface area contributed by atoms with Gasteiger partial charge in [-0.25, -0.2) is 9.78 Å². The van der Waals surface area contributed by atoms with E-state index in [1.165, 1.54) is 24.1 Å². The summed E-state index contributed by atoms with van der Waals surface area (Å²) in [5.74, 6) is 0.188. The highest BCUT2D eigenvalue weighted by molar-refractivity contribution is 6.31. The first-order valence-electron chi connectivity index (χ1n) is 10.7. The van der Waals surface area contributed by atoms with Crippen LogP contribution < -0.4 is 14.8 Å². The van der Waals surface area contributed by atoms with Crippen molar-refractivity contribution in [1.29, 1.82) is 0 Å². The Morgan fingerprint density at radius 3 is 2.54 bits per heavy atom. The standard InChI is InChI=1S/C25H23ClN4O5/c1-5-35-25(32)18-13-27-30(21-11-14(2)16-7-6-8-20(34-4)22(16)28-21)23(18)29-24(31)17-12-15(26)9-10-19(17)33-3/h6-13H,5H2,1-4H3,(H,29,31). The summed E-state index contributed by atoms with van der Waals surface area (Å²) < 4.78 is 17.3. The summed E-state index contributed by atoms with van der Waals surface area (Å²) in [7, 11) is 3.01. The van der Waals surface area contributed by atoms with Crippen molar-refractivity contribution in [2.75, 3.05) is 26.1 Å². The second-order valence-corrected chi connectivity index (χ2v) is 7.93. The average Bonchev–Trinajstić information content (AvgIpc) is 3.27. The number of benzene rings is 2. The second-order valence-electron chi connectivity index (χ2n) is 7.49. The molecular weight excluding hydrogens is 472 g/mol. The number of pyridine rings is 1. The lowest BCUT2D eigenvalue weighted by Crippen LogP contribution is -2.19. The van der Waals surface area contributed by atoms with E-state index >= 15 is 0 Å².